The topological polar surface area (TPSA) is 17.1 Å². The molecular formula is C12H11ClF2O. The van der Waals surface area contributed by atoms with Crippen molar-refractivity contribution in [2.75, 3.05) is 0 Å². The van der Waals surface area contributed by atoms with Gasteiger partial charge in [0.15, 0.2) is 0 Å². The van der Waals surface area contributed by atoms with Gasteiger partial charge in [-0.15, -0.1) is 6.58 Å². The van der Waals surface area contributed by atoms with Crippen LogP contribution in [0.5, 0.6) is 0 Å². The molecule has 16 heavy (non-hydrogen) atoms. The molecule has 1 rings (SSSR count). The molecule has 1 aromatic carbocycles. The quantitative estimate of drug-likeness (QED) is 0.585. The number of carbonyl (C=O) groups excluding carboxylic acids is 1. The molecule has 0 aliphatic heterocycles. The van der Waals surface area contributed by atoms with Crippen molar-refractivity contribution in [3.63, 3.8) is 0 Å². The van der Waals surface area contributed by atoms with E-state index in [9.17, 15) is 13.6 Å². The summed E-state index contributed by atoms with van der Waals surface area (Å²) in [4.78, 5) is 11.3. The van der Waals surface area contributed by atoms with Gasteiger partial charge in [0.2, 0.25) is 5.24 Å². The number of benzene rings is 1. The lowest BCUT2D eigenvalue weighted by Gasteiger charge is -2.25. The van der Waals surface area contributed by atoms with Crippen molar-refractivity contribution in [2.24, 2.45) is 0 Å². The van der Waals surface area contributed by atoms with Crippen LogP contribution in [-0.2, 0) is 10.2 Å². The normalized spacial score (nSPS) is 14.2. The molecule has 4 heteroatoms. The van der Waals surface area contributed by atoms with Crippen LogP contribution in [-0.4, -0.2) is 5.24 Å². The van der Waals surface area contributed by atoms with Crippen LogP contribution in [0.2, 0.25) is 0 Å². The molecule has 0 aliphatic rings. The Morgan fingerprint density at radius 3 is 2.38 bits per heavy atom. The third-order valence-corrected chi connectivity index (χ3v) is 2.92. The first-order valence-corrected chi connectivity index (χ1v) is 5.06. The minimum absolute atomic E-state index is 0.0766. The summed E-state index contributed by atoms with van der Waals surface area (Å²) < 4.78 is 27.1. The Balaban J connectivity index is 3.42. The molecule has 1 unspecified atom stereocenters. The van der Waals surface area contributed by atoms with Gasteiger partial charge in [-0.1, -0.05) is 12.1 Å². The number of hydrogen-bond donors (Lipinski definition) is 0. The maximum absolute atomic E-state index is 13.5. The lowest BCUT2D eigenvalue weighted by atomic mass is 9.80. The molecule has 0 saturated carbocycles. The summed E-state index contributed by atoms with van der Waals surface area (Å²) in [5, 5.41) is -0.809. The number of halogens is 3. The predicted molar refractivity (Wildman–Crippen MR) is 59.4 cm³/mol. The van der Waals surface area contributed by atoms with Crippen LogP contribution in [0.4, 0.5) is 8.78 Å². The molecule has 86 valence electrons. The van der Waals surface area contributed by atoms with Crippen LogP contribution in [0.25, 0.3) is 0 Å². The van der Waals surface area contributed by atoms with E-state index in [0.717, 1.165) is 12.1 Å². The van der Waals surface area contributed by atoms with Crippen molar-refractivity contribution in [2.45, 2.75) is 18.8 Å². The molecule has 1 atom stereocenters. The fraction of sp³-hybridized carbons (Fsp3) is 0.250. The van der Waals surface area contributed by atoms with E-state index in [2.05, 4.69) is 6.58 Å². The third-order valence-electron chi connectivity index (χ3n) is 2.50. The van der Waals surface area contributed by atoms with E-state index in [1.807, 2.05) is 0 Å². The highest BCUT2D eigenvalue weighted by atomic mass is 35.5. The Morgan fingerprint density at radius 1 is 1.50 bits per heavy atom. The molecular weight excluding hydrogens is 234 g/mol. The SMILES string of the molecule is C=CCC(C)(C(=O)Cl)c1c(F)cccc1F. The summed E-state index contributed by atoms with van der Waals surface area (Å²) >= 11 is 5.42. The van der Waals surface area contributed by atoms with Crippen molar-refractivity contribution < 1.29 is 13.6 Å². The van der Waals surface area contributed by atoms with Gasteiger partial charge in [0.25, 0.3) is 0 Å². The second-order valence-corrected chi connectivity index (χ2v) is 4.04. The van der Waals surface area contributed by atoms with Gasteiger partial charge in [-0.3, -0.25) is 4.79 Å². The van der Waals surface area contributed by atoms with E-state index in [1.165, 1.54) is 19.1 Å². The zero-order chi connectivity index (χ0) is 12.3. The van der Waals surface area contributed by atoms with Crippen LogP contribution in [0.15, 0.2) is 30.9 Å². The highest BCUT2D eigenvalue weighted by Gasteiger charge is 2.37. The van der Waals surface area contributed by atoms with Gasteiger partial charge in [0.1, 0.15) is 11.6 Å². The molecule has 0 heterocycles. The molecule has 0 spiro atoms. The van der Waals surface area contributed by atoms with Crippen LogP contribution >= 0.6 is 11.6 Å². The van der Waals surface area contributed by atoms with E-state index < -0.39 is 22.3 Å². The highest BCUT2D eigenvalue weighted by Crippen LogP contribution is 2.34. The number of hydrogen-bond acceptors (Lipinski definition) is 1. The van der Waals surface area contributed by atoms with Gasteiger partial charge in [-0.25, -0.2) is 8.78 Å². The largest absolute Gasteiger partial charge is 0.280 e. The molecule has 0 amide bonds. The smallest absolute Gasteiger partial charge is 0.232 e. The van der Waals surface area contributed by atoms with Crippen molar-refractivity contribution in [1.82, 2.24) is 0 Å². The van der Waals surface area contributed by atoms with Crippen LogP contribution in [0.3, 0.4) is 0 Å². The fourth-order valence-electron chi connectivity index (χ4n) is 1.59. The molecule has 0 saturated heterocycles. The second-order valence-electron chi connectivity index (χ2n) is 3.70. The lowest BCUT2D eigenvalue weighted by molar-refractivity contribution is -0.116. The van der Waals surface area contributed by atoms with E-state index in [0.29, 0.717) is 0 Å². The first kappa shape index (κ1) is 12.8. The zero-order valence-corrected chi connectivity index (χ0v) is 9.52. The van der Waals surface area contributed by atoms with E-state index in [1.54, 1.807) is 0 Å². The zero-order valence-electron chi connectivity index (χ0n) is 8.77. The van der Waals surface area contributed by atoms with Crippen molar-refractivity contribution in [1.29, 1.82) is 0 Å². The summed E-state index contributed by atoms with van der Waals surface area (Å²) in [5.41, 5.74) is -1.73. The average molecular weight is 245 g/mol. The average Bonchev–Trinajstić information content (AvgIpc) is 2.17. The Labute approximate surface area is 97.7 Å². The molecule has 1 aromatic rings. The molecule has 0 fully saturated rings. The third kappa shape index (κ3) is 2.14. The van der Waals surface area contributed by atoms with E-state index in [4.69, 9.17) is 11.6 Å². The van der Waals surface area contributed by atoms with Gasteiger partial charge < -0.3 is 0 Å². The Bertz CT molecular complexity index is 411. The van der Waals surface area contributed by atoms with Gasteiger partial charge in [-0.2, -0.15) is 0 Å². The van der Waals surface area contributed by atoms with Crippen LogP contribution in [0, 0.1) is 11.6 Å². The highest BCUT2D eigenvalue weighted by molar-refractivity contribution is 6.65. The summed E-state index contributed by atoms with van der Waals surface area (Å²) in [6.07, 6.45) is 1.49. The second kappa shape index (κ2) is 4.74. The van der Waals surface area contributed by atoms with Gasteiger partial charge in [-0.05, 0) is 37.1 Å². The van der Waals surface area contributed by atoms with Crippen molar-refractivity contribution >= 4 is 16.8 Å². The fourth-order valence-corrected chi connectivity index (χ4v) is 1.77. The van der Waals surface area contributed by atoms with E-state index >= 15 is 0 Å². The molecule has 0 radical (unpaired) electrons. The summed E-state index contributed by atoms with van der Waals surface area (Å²) in [5.74, 6) is -1.56. The summed E-state index contributed by atoms with van der Waals surface area (Å²) in [6, 6.07) is 3.43. The Morgan fingerprint density at radius 2 is 2.00 bits per heavy atom. The summed E-state index contributed by atoms with van der Waals surface area (Å²) in [6.45, 7) is 4.85. The monoisotopic (exact) mass is 244 g/mol. The minimum Gasteiger partial charge on any atom is -0.280 e. The van der Waals surface area contributed by atoms with Crippen LogP contribution in [0.1, 0.15) is 18.9 Å². The van der Waals surface area contributed by atoms with Crippen molar-refractivity contribution in [3.05, 3.63) is 48.1 Å². The molecule has 0 bridgehead atoms. The number of allylic oxidation sites excluding steroid dienone is 1. The molecule has 0 N–H and O–H groups in total. The Kier molecular flexibility index (Phi) is 3.81. The number of rotatable bonds is 4. The predicted octanol–water partition coefficient (Wildman–Crippen LogP) is 3.56. The van der Waals surface area contributed by atoms with Gasteiger partial charge in [0.05, 0.1) is 5.41 Å². The lowest BCUT2D eigenvalue weighted by Crippen LogP contribution is -2.31. The first-order valence-electron chi connectivity index (χ1n) is 4.69. The van der Waals surface area contributed by atoms with Crippen LogP contribution < -0.4 is 0 Å². The van der Waals surface area contributed by atoms with E-state index in [-0.39, 0.29) is 12.0 Å². The molecule has 0 aromatic heterocycles. The van der Waals surface area contributed by atoms with Crippen molar-refractivity contribution in [3.8, 4) is 0 Å². The standard InChI is InChI=1S/C12H11ClF2O/c1-3-7-12(2,11(13)16)10-8(14)5-4-6-9(10)15/h3-6H,1,7H2,2H3. The first-order chi connectivity index (χ1) is 7.43. The number of carbonyl (C=O) groups is 1. The maximum Gasteiger partial charge on any atom is 0.232 e. The van der Waals surface area contributed by atoms with Gasteiger partial charge in [0, 0.05) is 5.56 Å². The maximum atomic E-state index is 13.5. The van der Waals surface area contributed by atoms with Gasteiger partial charge >= 0.3 is 0 Å². The Hall–Kier alpha value is -1.22. The molecule has 1 nitrogen and oxygen atoms in total. The summed E-state index contributed by atoms with van der Waals surface area (Å²) in [7, 11) is 0. The molecule has 0 aliphatic carbocycles. The minimum atomic E-state index is -1.42.